The van der Waals surface area contributed by atoms with Gasteiger partial charge < -0.3 is 0 Å². The summed E-state index contributed by atoms with van der Waals surface area (Å²) in [4.78, 5) is 0. The molecule has 0 N–H and O–H groups in total. The molecule has 0 heterocycles. The molecular weight excluding hydrogens is 211 g/mol. The van der Waals surface area contributed by atoms with Gasteiger partial charge in [-0.2, -0.15) is 0 Å². The lowest BCUT2D eigenvalue weighted by Gasteiger charge is -2.17. The molecule has 1 atom stereocenters. The maximum Gasteiger partial charge on any atom is 0.159 e. The third-order valence-corrected chi connectivity index (χ3v) is 3.65. The Morgan fingerprint density at radius 2 is 1.47 bits per heavy atom. The fourth-order valence-corrected chi connectivity index (χ4v) is 2.72. The lowest BCUT2D eigenvalue weighted by molar-refractivity contribution is 0.258. The van der Waals surface area contributed by atoms with E-state index in [2.05, 4.69) is 6.07 Å². The largest absolute Gasteiger partial charge is 0.234 e. The predicted octanol–water partition coefficient (Wildman–Crippen LogP) is 4.52. The summed E-state index contributed by atoms with van der Waals surface area (Å²) in [5.41, 5.74) is 4.61. The predicted molar refractivity (Wildman–Crippen MR) is 68.9 cm³/mol. The van der Waals surface area contributed by atoms with Crippen molar-refractivity contribution in [2.24, 2.45) is 0 Å². The second-order valence-corrected chi connectivity index (χ2v) is 5.10. The summed E-state index contributed by atoms with van der Waals surface area (Å²) in [6, 6.07) is 12.0. The van der Waals surface area contributed by atoms with Crippen LogP contribution < -0.4 is 0 Å². The van der Waals surface area contributed by atoms with E-state index in [4.69, 9.17) is 0 Å². The summed E-state index contributed by atoms with van der Waals surface area (Å²) >= 11 is 0. The molecule has 17 heavy (non-hydrogen) atoms. The van der Waals surface area contributed by atoms with Crippen LogP contribution in [0.4, 0.5) is 4.39 Å². The van der Waals surface area contributed by atoms with E-state index in [0.717, 1.165) is 27.8 Å². The maximum atomic E-state index is 14.9. The van der Waals surface area contributed by atoms with E-state index in [0.29, 0.717) is 0 Å². The first-order valence-corrected chi connectivity index (χ1v) is 5.92. The topological polar surface area (TPSA) is 0 Å². The van der Waals surface area contributed by atoms with Crippen LogP contribution in [0.3, 0.4) is 0 Å². The van der Waals surface area contributed by atoms with Crippen molar-refractivity contribution >= 4 is 0 Å². The van der Waals surface area contributed by atoms with Gasteiger partial charge in [0.25, 0.3) is 0 Å². The van der Waals surface area contributed by atoms with Gasteiger partial charge in [-0.25, -0.2) is 4.39 Å². The molecule has 0 saturated carbocycles. The molecule has 0 fully saturated rings. The minimum absolute atomic E-state index is 0.795. The molecule has 0 radical (unpaired) electrons. The SMILES string of the molecule is Cc1ccc2c(c1)-c1ccc(C)cc1C2(C)F. The number of benzene rings is 2. The molecule has 0 aromatic heterocycles. The van der Waals surface area contributed by atoms with Crippen LogP contribution in [0.2, 0.25) is 0 Å². The van der Waals surface area contributed by atoms with Gasteiger partial charge in [0.15, 0.2) is 5.67 Å². The van der Waals surface area contributed by atoms with Crippen LogP contribution in [0.25, 0.3) is 11.1 Å². The molecule has 2 aromatic rings. The first-order valence-electron chi connectivity index (χ1n) is 5.92. The Morgan fingerprint density at radius 1 is 0.824 bits per heavy atom. The normalized spacial score (nSPS) is 21.2. The number of alkyl halides is 1. The average Bonchev–Trinajstić information content (AvgIpc) is 2.48. The van der Waals surface area contributed by atoms with E-state index in [9.17, 15) is 4.39 Å². The van der Waals surface area contributed by atoms with Crippen LogP contribution >= 0.6 is 0 Å². The number of halogens is 1. The third-order valence-electron chi connectivity index (χ3n) is 3.65. The van der Waals surface area contributed by atoms with Gasteiger partial charge in [-0.05, 0) is 31.9 Å². The average molecular weight is 226 g/mol. The Hall–Kier alpha value is -1.63. The highest BCUT2D eigenvalue weighted by Crippen LogP contribution is 2.50. The molecule has 0 nitrogen and oxygen atoms in total. The maximum absolute atomic E-state index is 14.9. The lowest BCUT2D eigenvalue weighted by atomic mass is 9.94. The van der Waals surface area contributed by atoms with Crippen LogP contribution in [0.15, 0.2) is 36.4 Å². The van der Waals surface area contributed by atoms with Crippen LogP contribution in [-0.4, -0.2) is 0 Å². The van der Waals surface area contributed by atoms with Crippen molar-refractivity contribution in [3.05, 3.63) is 58.7 Å². The van der Waals surface area contributed by atoms with Crippen molar-refractivity contribution < 1.29 is 4.39 Å². The number of hydrogen-bond acceptors (Lipinski definition) is 0. The highest BCUT2D eigenvalue weighted by Gasteiger charge is 2.39. The highest BCUT2D eigenvalue weighted by molar-refractivity contribution is 5.80. The van der Waals surface area contributed by atoms with Gasteiger partial charge in [0.2, 0.25) is 0 Å². The minimum atomic E-state index is -1.36. The molecule has 1 unspecified atom stereocenters. The van der Waals surface area contributed by atoms with Gasteiger partial charge >= 0.3 is 0 Å². The zero-order valence-corrected chi connectivity index (χ0v) is 10.3. The van der Waals surface area contributed by atoms with Crippen LogP contribution in [-0.2, 0) is 5.67 Å². The van der Waals surface area contributed by atoms with Gasteiger partial charge in [-0.15, -0.1) is 0 Å². The first kappa shape index (κ1) is 10.5. The van der Waals surface area contributed by atoms with E-state index in [1.807, 2.05) is 44.2 Å². The fourth-order valence-electron chi connectivity index (χ4n) is 2.72. The fraction of sp³-hybridized carbons (Fsp3) is 0.250. The summed E-state index contributed by atoms with van der Waals surface area (Å²) in [6.07, 6.45) is 0. The molecule has 0 amide bonds. The Kier molecular flexibility index (Phi) is 1.97. The number of aryl methyl sites for hydroxylation is 2. The van der Waals surface area contributed by atoms with Crippen molar-refractivity contribution in [2.75, 3.05) is 0 Å². The van der Waals surface area contributed by atoms with E-state index < -0.39 is 5.67 Å². The van der Waals surface area contributed by atoms with Gasteiger partial charge in [-0.1, -0.05) is 47.5 Å². The standard InChI is InChI=1S/C16H15F/c1-10-5-7-14-13(8-10)12-6-4-11(2)9-15(12)16(14,3)17/h4-9H,1-3H3. The highest BCUT2D eigenvalue weighted by atomic mass is 19.1. The third kappa shape index (κ3) is 1.35. The zero-order chi connectivity index (χ0) is 12.2. The molecule has 1 aliphatic rings. The quantitative estimate of drug-likeness (QED) is 0.619. The van der Waals surface area contributed by atoms with Crippen molar-refractivity contribution in [1.29, 1.82) is 0 Å². The van der Waals surface area contributed by atoms with E-state index in [-0.39, 0.29) is 0 Å². The van der Waals surface area contributed by atoms with Gasteiger partial charge in [0.05, 0.1) is 0 Å². The van der Waals surface area contributed by atoms with Crippen LogP contribution in [0.1, 0.15) is 29.2 Å². The second-order valence-electron chi connectivity index (χ2n) is 5.10. The van der Waals surface area contributed by atoms with Gasteiger partial charge in [-0.3, -0.25) is 0 Å². The molecule has 0 bridgehead atoms. The van der Waals surface area contributed by atoms with E-state index >= 15 is 0 Å². The number of fused-ring (bicyclic) bond motifs is 3. The molecule has 1 heteroatoms. The molecule has 0 saturated heterocycles. The zero-order valence-electron chi connectivity index (χ0n) is 10.3. The Balaban J connectivity index is 2.38. The summed E-state index contributed by atoms with van der Waals surface area (Å²) < 4.78 is 14.9. The van der Waals surface area contributed by atoms with Crippen LogP contribution in [0.5, 0.6) is 0 Å². The van der Waals surface area contributed by atoms with Crippen LogP contribution in [0, 0.1) is 13.8 Å². The van der Waals surface area contributed by atoms with E-state index in [1.54, 1.807) is 6.92 Å². The molecule has 0 spiro atoms. The minimum Gasteiger partial charge on any atom is -0.234 e. The van der Waals surface area contributed by atoms with Crippen molar-refractivity contribution in [1.82, 2.24) is 0 Å². The Morgan fingerprint density at radius 3 is 2.24 bits per heavy atom. The first-order chi connectivity index (χ1) is 8.00. The lowest BCUT2D eigenvalue weighted by Crippen LogP contribution is -2.12. The van der Waals surface area contributed by atoms with Crippen molar-refractivity contribution in [3.8, 4) is 11.1 Å². The van der Waals surface area contributed by atoms with Gasteiger partial charge in [0.1, 0.15) is 0 Å². The van der Waals surface area contributed by atoms with Crippen molar-refractivity contribution in [3.63, 3.8) is 0 Å². The summed E-state index contributed by atoms with van der Waals surface area (Å²) in [5, 5.41) is 0. The molecular formula is C16H15F. The molecule has 3 rings (SSSR count). The Labute approximate surface area is 101 Å². The monoisotopic (exact) mass is 226 g/mol. The molecule has 1 aliphatic carbocycles. The van der Waals surface area contributed by atoms with Gasteiger partial charge in [0, 0.05) is 11.1 Å². The summed E-state index contributed by atoms with van der Waals surface area (Å²) in [7, 11) is 0. The van der Waals surface area contributed by atoms with E-state index in [1.165, 1.54) is 5.56 Å². The summed E-state index contributed by atoms with van der Waals surface area (Å²) in [5.74, 6) is 0. The smallest absolute Gasteiger partial charge is 0.159 e. The number of hydrogen-bond donors (Lipinski definition) is 0. The number of rotatable bonds is 0. The molecule has 0 aliphatic heterocycles. The van der Waals surface area contributed by atoms with Crippen molar-refractivity contribution in [2.45, 2.75) is 26.4 Å². The summed E-state index contributed by atoms with van der Waals surface area (Å²) in [6.45, 7) is 5.71. The molecule has 2 aromatic carbocycles. The Bertz CT molecular complexity index is 609. The second kappa shape index (κ2) is 3.19. The molecule has 86 valence electrons.